The lowest BCUT2D eigenvalue weighted by atomic mass is 10.2. The first-order valence-corrected chi connectivity index (χ1v) is 4.63. The topological polar surface area (TPSA) is 38.3 Å². The van der Waals surface area contributed by atoms with Crippen molar-refractivity contribution in [2.75, 3.05) is 13.7 Å². The predicted molar refractivity (Wildman–Crippen MR) is 50.1 cm³/mol. The minimum Gasteiger partial charge on any atom is -0.459 e. The van der Waals surface area contributed by atoms with Gasteiger partial charge < -0.3 is 10.1 Å². The fraction of sp³-hybridized carbons (Fsp3) is 0.700. The number of esters is 1. The van der Waals surface area contributed by atoms with Crippen molar-refractivity contribution in [2.45, 2.75) is 31.7 Å². The van der Waals surface area contributed by atoms with Gasteiger partial charge in [-0.2, -0.15) is 0 Å². The molecule has 1 aliphatic carbocycles. The van der Waals surface area contributed by atoms with Gasteiger partial charge in [-0.05, 0) is 12.8 Å². The molecule has 0 unspecified atom stereocenters. The molecule has 0 saturated heterocycles. The van der Waals surface area contributed by atoms with Gasteiger partial charge in [0.05, 0.1) is 13.7 Å². The van der Waals surface area contributed by atoms with Crippen molar-refractivity contribution in [3.63, 3.8) is 0 Å². The van der Waals surface area contributed by atoms with Crippen molar-refractivity contribution < 1.29 is 9.53 Å². The second-order valence-corrected chi connectivity index (χ2v) is 3.16. The maximum Gasteiger partial charge on any atom is 0.384 e. The lowest BCUT2D eigenvalue weighted by Crippen LogP contribution is -2.26. The predicted octanol–water partition coefficient (Wildman–Crippen LogP) is 0.695. The Bertz CT molecular complexity index is 221. The van der Waals surface area contributed by atoms with Crippen LogP contribution in [0.25, 0.3) is 0 Å². The number of rotatable bonds is 2. The summed E-state index contributed by atoms with van der Waals surface area (Å²) < 4.78 is 4.38. The van der Waals surface area contributed by atoms with Gasteiger partial charge in [0.15, 0.2) is 0 Å². The molecule has 0 bridgehead atoms. The lowest BCUT2D eigenvalue weighted by Gasteiger charge is -2.07. The molecule has 0 heterocycles. The average molecular weight is 181 g/mol. The number of carbonyl (C=O) groups is 1. The van der Waals surface area contributed by atoms with Crippen LogP contribution in [-0.2, 0) is 9.53 Å². The van der Waals surface area contributed by atoms with E-state index >= 15 is 0 Å². The normalized spacial score (nSPS) is 16.4. The molecule has 0 aliphatic heterocycles. The molecule has 1 aliphatic rings. The minimum atomic E-state index is -0.465. The number of methoxy groups -OCH3 is 1. The smallest absolute Gasteiger partial charge is 0.384 e. The van der Waals surface area contributed by atoms with E-state index in [1.165, 1.54) is 32.8 Å². The van der Waals surface area contributed by atoms with E-state index in [4.69, 9.17) is 0 Å². The van der Waals surface area contributed by atoms with E-state index in [2.05, 4.69) is 21.9 Å². The molecule has 1 N–H and O–H groups in total. The Kier molecular flexibility index (Phi) is 4.34. The third kappa shape index (κ3) is 3.95. The van der Waals surface area contributed by atoms with Crippen LogP contribution < -0.4 is 5.32 Å². The van der Waals surface area contributed by atoms with Crippen molar-refractivity contribution in [1.82, 2.24) is 5.32 Å². The summed E-state index contributed by atoms with van der Waals surface area (Å²) >= 11 is 0. The standard InChI is InChI=1S/C10H15NO2/c1-13-10(12)7-4-8-11-9-5-2-3-6-9/h9,11H,2-3,5-6,8H2,1H3. The molecule has 1 saturated carbocycles. The SMILES string of the molecule is COC(=O)C#CCNC1CCCC1. The molecular formula is C10H15NO2. The Labute approximate surface area is 78.8 Å². The summed E-state index contributed by atoms with van der Waals surface area (Å²) in [5.74, 6) is 4.65. The molecule has 0 aromatic carbocycles. The maximum atomic E-state index is 10.6. The van der Waals surface area contributed by atoms with Crippen LogP contribution in [0, 0.1) is 11.8 Å². The van der Waals surface area contributed by atoms with E-state index in [1.54, 1.807) is 0 Å². The molecule has 1 fully saturated rings. The van der Waals surface area contributed by atoms with Gasteiger partial charge in [-0.25, -0.2) is 4.79 Å². The van der Waals surface area contributed by atoms with Crippen molar-refractivity contribution in [2.24, 2.45) is 0 Å². The van der Waals surface area contributed by atoms with E-state index in [0.29, 0.717) is 12.6 Å². The quantitative estimate of drug-likeness (QED) is 0.387. The first-order valence-electron chi connectivity index (χ1n) is 4.63. The zero-order valence-corrected chi connectivity index (χ0v) is 7.93. The summed E-state index contributed by atoms with van der Waals surface area (Å²) in [5, 5.41) is 3.28. The molecule has 0 atom stereocenters. The zero-order valence-electron chi connectivity index (χ0n) is 7.93. The third-order valence-electron chi connectivity index (χ3n) is 2.21. The fourth-order valence-electron chi connectivity index (χ4n) is 1.49. The number of hydrogen-bond donors (Lipinski definition) is 1. The third-order valence-corrected chi connectivity index (χ3v) is 2.21. The second-order valence-electron chi connectivity index (χ2n) is 3.16. The summed E-state index contributed by atoms with van der Waals surface area (Å²) in [7, 11) is 1.33. The highest BCUT2D eigenvalue weighted by atomic mass is 16.5. The number of ether oxygens (including phenoxy) is 1. The number of hydrogen-bond acceptors (Lipinski definition) is 3. The van der Waals surface area contributed by atoms with Gasteiger partial charge in [-0.3, -0.25) is 0 Å². The summed E-state index contributed by atoms with van der Waals surface area (Å²) in [5.41, 5.74) is 0. The fourth-order valence-corrected chi connectivity index (χ4v) is 1.49. The summed E-state index contributed by atoms with van der Waals surface area (Å²) in [6, 6.07) is 0.604. The average Bonchev–Trinajstić information content (AvgIpc) is 2.64. The summed E-state index contributed by atoms with van der Waals surface area (Å²) in [4.78, 5) is 10.6. The van der Waals surface area contributed by atoms with E-state index in [9.17, 15) is 4.79 Å². The van der Waals surface area contributed by atoms with Gasteiger partial charge in [0.25, 0.3) is 0 Å². The molecule has 0 aromatic heterocycles. The first kappa shape index (κ1) is 10.1. The molecular weight excluding hydrogens is 166 g/mol. The van der Waals surface area contributed by atoms with Gasteiger partial charge in [0, 0.05) is 12.0 Å². The summed E-state index contributed by atoms with van der Waals surface area (Å²) in [6.07, 6.45) is 5.09. The van der Waals surface area contributed by atoms with Crippen molar-refractivity contribution in [3.05, 3.63) is 0 Å². The minimum absolute atomic E-state index is 0.465. The Balaban J connectivity index is 2.10. The Hall–Kier alpha value is -1.01. The van der Waals surface area contributed by atoms with E-state index < -0.39 is 5.97 Å². The molecule has 1 rings (SSSR count). The molecule has 0 radical (unpaired) electrons. The molecule has 72 valence electrons. The van der Waals surface area contributed by atoms with Gasteiger partial charge >= 0.3 is 5.97 Å². The Morgan fingerprint density at radius 2 is 2.23 bits per heavy atom. The lowest BCUT2D eigenvalue weighted by molar-refractivity contribution is -0.133. The second kappa shape index (κ2) is 5.60. The molecule has 0 aromatic rings. The van der Waals surface area contributed by atoms with Crippen LogP contribution >= 0.6 is 0 Å². The van der Waals surface area contributed by atoms with Crippen LogP contribution in [0.15, 0.2) is 0 Å². The molecule has 3 nitrogen and oxygen atoms in total. The molecule has 0 amide bonds. The van der Waals surface area contributed by atoms with Crippen molar-refractivity contribution >= 4 is 5.97 Å². The highest BCUT2D eigenvalue weighted by Crippen LogP contribution is 2.16. The highest BCUT2D eigenvalue weighted by molar-refractivity contribution is 5.88. The van der Waals surface area contributed by atoms with Gasteiger partial charge in [0.1, 0.15) is 0 Å². The molecule has 3 heteroatoms. The van der Waals surface area contributed by atoms with Crippen LogP contribution in [0.4, 0.5) is 0 Å². The van der Waals surface area contributed by atoms with Crippen LogP contribution in [0.1, 0.15) is 25.7 Å². The highest BCUT2D eigenvalue weighted by Gasteiger charge is 2.12. The van der Waals surface area contributed by atoms with E-state index in [1.807, 2.05) is 0 Å². The van der Waals surface area contributed by atoms with Crippen LogP contribution in [0.2, 0.25) is 0 Å². The van der Waals surface area contributed by atoms with Crippen LogP contribution in [0.5, 0.6) is 0 Å². The van der Waals surface area contributed by atoms with Gasteiger partial charge in [0.2, 0.25) is 0 Å². The van der Waals surface area contributed by atoms with Gasteiger partial charge in [-0.1, -0.05) is 18.8 Å². The largest absolute Gasteiger partial charge is 0.459 e. The van der Waals surface area contributed by atoms with Crippen LogP contribution in [0.3, 0.4) is 0 Å². The number of nitrogens with one attached hydrogen (secondary N) is 1. The zero-order chi connectivity index (χ0) is 9.52. The Morgan fingerprint density at radius 1 is 1.54 bits per heavy atom. The molecule has 13 heavy (non-hydrogen) atoms. The first-order chi connectivity index (χ1) is 6.33. The molecule has 0 spiro atoms. The summed E-state index contributed by atoms with van der Waals surface area (Å²) in [6.45, 7) is 0.583. The van der Waals surface area contributed by atoms with E-state index in [0.717, 1.165) is 0 Å². The maximum absolute atomic E-state index is 10.6. The van der Waals surface area contributed by atoms with Gasteiger partial charge in [-0.15, -0.1) is 0 Å². The monoisotopic (exact) mass is 181 g/mol. The van der Waals surface area contributed by atoms with Crippen molar-refractivity contribution in [1.29, 1.82) is 0 Å². The van der Waals surface area contributed by atoms with Crippen molar-refractivity contribution in [3.8, 4) is 11.8 Å². The van der Waals surface area contributed by atoms with E-state index in [-0.39, 0.29) is 0 Å². The Morgan fingerprint density at radius 3 is 2.85 bits per heavy atom. The van der Waals surface area contributed by atoms with Crippen LogP contribution in [-0.4, -0.2) is 25.7 Å². The number of carbonyl (C=O) groups excluding carboxylic acids is 1.